The van der Waals surface area contributed by atoms with E-state index < -0.39 is 0 Å². The van der Waals surface area contributed by atoms with Crippen molar-refractivity contribution in [2.24, 2.45) is 45.3 Å². The Bertz CT molecular complexity index is 870. The van der Waals surface area contributed by atoms with Crippen molar-refractivity contribution in [2.75, 3.05) is 0 Å². The second-order valence-electron chi connectivity index (χ2n) is 14.5. The molecule has 0 amide bonds. The van der Waals surface area contributed by atoms with Crippen LogP contribution in [0.2, 0.25) is 0 Å². The lowest BCUT2D eigenvalue weighted by atomic mass is 9.41. The molecular weight excluding hydrogens is 408 g/mol. The van der Waals surface area contributed by atoms with E-state index in [0.717, 1.165) is 25.7 Å². The minimum absolute atomic E-state index is 0.00609. The number of fused-ring (bicyclic) bond motifs is 5. The number of aliphatic hydroxyl groups excluding tert-OH is 1. The lowest BCUT2D eigenvalue weighted by molar-refractivity contribution is -0.146. The second kappa shape index (κ2) is 7.19. The molecule has 0 radical (unpaired) electrons. The van der Waals surface area contributed by atoms with E-state index in [0.29, 0.717) is 29.5 Å². The van der Waals surface area contributed by atoms with Crippen molar-refractivity contribution < 1.29 is 14.6 Å². The summed E-state index contributed by atoms with van der Waals surface area (Å²) in [5.74, 6) is 2.73. The van der Waals surface area contributed by atoms with Gasteiger partial charge in [-0.2, -0.15) is 0 Å². The monoisotopic (exact) mass is 456 g/mol. The van der Waals surface area contributed by atoms with Gasteiger partial charge in [0.1, 0.15) is 11.9 Å². The van der Waals surface area contributed by atoms with Crippen molar-refractivity contribution in [2.45, 2.75) is 125 Å². The van der Waals surface area contributed by atoms with E-state index in [9.17, 15) is 9.90 Å². The van der Waals surface area contributed by atoms with E-state index in [1.54, 1.807) is 5.57 Å². The van der Waals surface area contributed by atoms with Crippen LogP contribution in [0.3, 0.4) is 0 Å². The molecule has 186 valence electrons. The third kappa shape index (κ3) is 3.16. The van der Waals surface area contributed by atoms with E-state index in [4.69, 9.17) is 4.74 Å². The van der Waals surface area contributed by atoms with Crippen molar-refractivity contribution in [1.82, 2.24) is 0 Å². The highest BCUT2D eigenvalue weighted by Crippen LogP contribution is 2.73. The molecule has 1 aliphatic heterocycles. The van der Waals surface area contributed by atoms with Crippen LogP contribution in [0.25, 0.3) is 0 Å². The zero-order valence-corrected chi connectivity index (χ0v) is 22.5. The fraction of sp³-hybridized carbons (Fsp3) is 0.900. The highest BCUT2D eigenvalue weighted by atomic mass is 16.6. The van der Waals surface area contributed by atoms with Crippen LogP contribution in [0.15, 0.2) is 11.6 Å². The van der Waals surface area contributed by atoms with Crippen molar-refractivity contribution in [3.63, 3.8) is 0 Å². The third-order valence-electron chi connectivity index (χ3n) is 12.4. The smallest absolute Gasteiger partial charge is 0.138 e. The zero-order valence-electron chi connectivity index (χ0n) is 22.5. The minimum Gasteiger partial charge on any atom is -0.390 e. The summed E-state index contributed by atoms with van der Waals surface area (Å²) in [6, 6.07) is 0. The first-order chi connectivity index (χ1) is 15.2. The van der Waals surface area contributed by atoms with Crippen LogP contribution in [-0.2, 0) is 9.53 Å². The Kier molecular flexibility index (Phi) is 5.24. The number of carbonyl (C=O) groups is 1. The molecule has 4 fully saturated rings. The largest absolute Gasteiger partial charge is 0.390 e. The molecular formula is C30H48O3. The maximum absolute atomic E-state index is 12.8. The van der Waals surface area contributed by atoms with Crippen LogP contribution in [0.1, 0.15) is 107 Å². The molecule has 0 aromatic carbocycles. The summed E-state index contributed by atoms with van der Waals surface area (Å²) in [7, 11) is 0. The summed E-state index contributed by atoms with van der Waals surface area (Å²) in [5, 5.41) is 10.9. The fourth-order valence-corrected chi connectivity index (χ4v) is 9.97. The molecule has 9 atom stereocenters. The molecule has 5 rings (SSSR count). The average molecular weight is 457 g/mol. The molecule has 0 bridgehead atoms. The number of hydrogen-bond acceptors (Lipinski definition) is 3. The SMILES string of the molecule is C[C@@H](C[C@@H](O)[C@@H]1OC1(C)C)[C@H]1CC[C@]2(C)C3=CCC4C(C)(C)C(=O)CC[C@]4(C)[C@H]3CC[C@@]12C. The molecule has 4 aliphatic carbocycles. The van der Waals surface area contributed by atoms with Gasteiger partial charge in [0.15, 0.2) is 0 Å². The van der Waals surface area contributed by atoms with Gasteiger partial charge < -0.3 is 9.84 Å². The number of rotatable bonds is 4. The molecule has 3 saturated carbocycles. The Morgan fingerprint density at radius 2 is 1.73 bits per heavy atom. The fourth-order valence-electron chi connectivity index (χ4n) is 9.97. The molecule has 0 spiro atoms. The number of ketones is 1. The third-order valence-corrected chi connectivity index (χ3v) is 12.4. The maximum atomic E-state index is 12.8. The lowest BCUT2D eigenvalue weighted by Crippen LogP contribution is -2.57. The molecule has 3 heteroatoms. The van der Waals surface area contributed by atoms with Gasteiger partial charge in [0.25, 0.3) is 0 Å². The Hall–Kier alpha value is -0.670. The molecule has 1 heterocycles. The van der Waals surface area contributed by atoms with Gasteiger partial charge in [0, 0.05) is 11.8 Å². The maximum Gasteiger partial charge on any atom is 0.138 e. The van der Waals surface area contributed by atoms with E-state index in [-0.39, 0.29) is 39.5 Å². The van der Waals surface area contributed by atoms with Gasteiger partial charge in [0.05, 0.1) is 11.7 Å². The standard InChI is InChI=1S/C30H48O3/c1-18(17-22(31)25-27(4,5)33-25)19-11-15-30(8)21-9-10-23-26(2,3)24(32)13-14-28(23,6)20(21)12-16-29(19,30)7/h9,18-20,22-23,25,31H,10-17H2,1-8H3/t18-,19+,20-,22+,23?,25-,28+,29-,30+/m0/s1. The van der Waals surface area contributed by atoms with Crippen LogP contribution in [0.5, 0.6) is 0 Å². The predicted octanol–water partition coefficient (Wildman–Crippen LogP) is 6.73. The second-order valence-corrected chi connectivity index (χ2v) is 14.5. The van der Waals surface area contributed by atoms with Crippen molar-refractivity contribution in [3.05, 3.63) is 11.6 Å². The van der Waals surface area contributed by atoms with Crippen LogP contribution < -0.4 is 0 Å². The van der Waals surface area contributed by atoms with Crippen molar-refractivity contribution in [3.8, 4) is 0 Å². The highest BCUT2D eigenvalue weighted by molar-refractivity contribution is 5.85. The number of carbonyl (C=O) groups excluding carboxylic acids is 1. The quantitative estimate of drug-likeness (QED) is 0.377. The molecule has 3 nitrogen and oxygen atoms in total. The van der Waals surface area contributed by atoms with Gasteiger partial charge in [-0.05, 0) is 98.7 Å². The summed E-state index contributed by atoms with van der Waals surface area (Å²) in [4.78, 5) is 12.8. The first-order valence-corrected chi connectivity index (χ1v) is 13.8. The van der Waals surface area contributed by atoms with Gasteiger partial charge in [0.2, 0.25) is 0 Å². The van der Waals surface area contributed by atoms with Gasteiger partial charge in [-0.3, -0.25) is 4.79 Å². The number of allylic oxidation sites excluding steroid dienone is 2. The summed E-state index contributed by atoms with van der Waals surface area (Å²) in [6.45, 7) is 18.7. The predicted molar refractivity (Wildman–Crippen MR) is 133 cm³/mol. The topological polar surface area (TPSA) is 49.8 Å². The normalized spacial score (nSPS) is 49.4. The van der Waals surface area contributed by atoms with E-state index in [1.807, 2.05) is 0 Å². The van der Waals surface area contributed by atoms with Crippen molar-refractivity contribution in [1.29, 1.82) is 0 Å². The first-order valence-electron chi connectivity index (χ1n) is 13.8. The number of hydrogen-bond donors (Lipinski definition) is 1. The lowest BCUT2D eigenvalue weighted by Gasteiger charge is -2.63. The summed E-state index contributed by atoms with van der Waals surface area (Å²) in [6.07, 6.45) is 11.1. The van der Waals surface area contributed by atoms with Gasteiger partial charge >= 0.3 is 0 Å². The molecule has 1 saturated heterocycles. The zero-order chi connectivity index (χ0) is 24.2. The summed E-state index contributed by atoms with van der Waals surface area (Å²) < 4.78 is 5.75. The highest BCUT2D eigenvalue weighted by Gasteiger charge is 2.65. The first kappa shape index (κ1) is 24.0. The van der Waals surface area contributed by atoms with Crippen LogP contribution in [-0.4, -0.2) is 28.7 Å². The summed E-state index contributed by atoms with van der Waals surface area (Å²) in [5.41, 5.74) is 2.17. The van der Waals surface area contributed by atoms with E-state index in [1.165, 1.54) is 25.7 Å². The number of ether oxygens (including phenoxy) is 1. The van der Waals surface area contributed by atoms with E-state index in [2.05, 4.69) is 61.5 Å². The summed E-state index contributed by atoms with van der Waals surface area (Å²) >= 11 is 0. The van der Waals surface area contributed by atoms with Gasteiger partial charge in [-0.1, -0.05) is 53.2 Å². The molecule has 0 aromatic rings. The Balaban J connectivity index is 1.41. The Labute approximate surface area is 202 Å². The van der Waals surface area contributed by atoms with Crippen molar-refractivity contribution >= 4 is 5.78 Å². The van der Waals surface area contributed by atoms with E-state index >= 15 is 0 Å². The number of Topliss-reactive ketones (excluding diaryl/α,β-unsaturated/α-hetero) is 1. The Morgan fingerprint density at radius 3 is 2.36 bits per heavy atom. The molecule has 5 aliphatic rings. The average Bonchev–Trinajstić information content (AvgIpc) is 3.26. The molecule has 33 heavy (non-hydrogen) atoms. The number of epoxide rings is 1. The van der Waals surface area contributed by atoms with Gasteiger partial charge in [-0.25, -0.2) is 0 Å². The van der Waals surface area contributed by atoms with Crippen LogP contribution in [0.4, 0.5) is 0 Å². The van der Waals surface area contributed by atoms with Crippen LogP contribution in [0, 0.1) is 45.3 Å². The molecule has 1 unspecified atom stereocenters. The number of aliphatic hydroxyl groups is 1. The molecule has 1 N–H and O–H groups in total. The van der Waals surface area contributed by atoms with Gasteiger partial charge in [-0.15, -0.1) is 0 Å². The van der Waals surface area contributed by atoms with Crippen LogP contribution >= 0.6 is 0 Å². The Morgan fingerprint density at radius 1 is 1.06 bits per heavy atom. The minimum atomic E-state index is -0.350. The molecule has 0 aromatic heterocycles.